The highest BCUT2D eigenvalue weighted by Crippen LogP contribution is 2.22. The lowest BCUT2D eigenvalue weighted by atomic mass is 9.86. The first-order valence-electron chi connectivity index (χ1n) is 6.09. The first-order chi connectivity index (χ1) is 7.40. The summed E-state index contributed by atoms with van der Waals surface area (Å²) >= 11 is 0. The lowest BCUT2D eigenvalue weighted by Crippen LogP contribution is -2.32. The molecule has 0 aromatic carbocycles. The molecule has 0 amide bonds. The molecular weight excluding hydrogens is 202 g/mol. The summed E-state index contributed by atoms with van der Waals surface area (Å²) < 4.78 is 0. The zero-order chi connectivity index (χ0) is 12.6. The fourth-order valence-corrected chi connectivity index (χ4v) is 1.47. The summed E-state index contributed by atoms with van der Waals surface area (Å²) in [6, 6.07) is 0. The molecule has 0 aromatic rings. The van der Waals surface area contributed by atoms with E-state index < -0.39 is 0 Å². The van der Waals surface area contributed by atoms with Crippen LogP contribution >= 0.6 is 0 Å². The van der Waals surface area contributed by atoms with E-state index in [-0.39, 0.29) is 5.41 Å². The van der Waals surface area contributed by atoms with E-state index in [0.717, 1.165) is 32.4 Å². The molecule has 0 spiro atoms. The lowest BCUT2D eigenvalue weighted by molar-refractivity contribution is 0.304. The topological polar surface area (TPSA) is 70.6 Å². The number of unbranched alkanes of at least 4 members (excludes halogenated alkanes) is 1. The van der Waals surface area contributed by atoms with Crippen molar-refractivity contribution in [3.63, 3.8) is 0 Å². The molecule has 0 fully saturated rings. The van der Waals surface area contributed by atoms with Gasteiger partial charge in [-0.3, -0.25) is 0 Å². The number of amidine groups is 1. The van der Waals surface area contributed by atoms with Crippen LogP contribution in [0.1, 0.15) is 47.0 Å². The van der Waals surface area contributed by atoms with Crippen molar-refractivity contribution in [1.29, 1.82) is 0 Å². The van der Waals surface area contributed by atoms with Gasteiger partial charge in [-0.15, -0.1) is 0 Å². The van der Waals surface area contributed by atoms with Crippen LogP contribution in [0, 0.1) is 11.3 Å². The van der Waals surface area contributed by atoms with Crippen LogP contribution in [0.3, 0.4) is 0 Å². The van der Waals surface area contributed by atoms with Crippen LogP contribution in [0.2, 0.25) is 0 Å². The van der Waals surface area contributed by atoms with Crippen molar-refractivity contribution in [3.05, 3.63) is 0 Å². The number of rotatable bonds is 8. The summed E-state index contributed by atoms with van der Waals surface area (Å²) in [7, 11) is 0. The van der Waals surface area contributed by atoms with E-state index in [0.29, 0.717) is 11.8 Å². The van der Waals surface area contributed by atoms with E-state index in [1.165, 1.54) is 0 Å². The van der Waals surface area contributed by atoms with E-state index in [2.05, 4.69) is 24.3 Å². The molecule has 0 bridgehead atoms. The summed E-state index contributed by atoms with van der Waals surface area (Å²) in [6.45, 7) is 10.5. The van der Waals surface area contributed by atoms with Gasteiger partial charge in [0.2, 0.25) is 0 Å². The highest BCUT2D eigenvalue weighted by Gasteiger charge is 2.22. The molecule has 0 heterocycles. The number of oxime groups is 1. The zero-order valence-electron chi connectivity index (χ0n) is 11.1. The maximum absolute atomic E-state index is 8.62. The van der Waals surface area contributed by atoms with Crippen LogP contribution in [0.15, 0.2) is 5.16 Å². The van der Waals surface area contributed by atoms with Gasteiger partial charge in [-0.1, -0.05) is 39.3 Å². The average molecular weight is 229 g/mol. The summed E-state index contributed by atoms with van der Waals surface area (Å²) in [5, 5.41) is 15.1. The molecule has 4 N–H and O–H groups in total. The predicted octanol–water partition coefficient (Wildman–Crippen LogP) is 2.17. The van der Waals surface area contributed by atoms with Gasteiger partial charge in [0.15, 0.2) is 0 Å². The third kappa shape index (κ3) is 6.67. The van der Waals surface area contributed by atoms with E-state index in [4.69, 9.17) is 10.9 Å². The fourth-order valence-electron chi connectivity index (χ4n) is 1.47. The monoisotopic (exact) mass is 229 g/mol. The largest absolute Gasteiger partial charge is 0.409 e. The van der Waals surface area contributed by atoms with Gasteiger partial charge in [-0.2, -0.15) is 0 Å². The van der Waals surface area contributed by atoms with Gasteiger partial charge in [0.25, 0.3) is 0 Å². The van der Waals surface area contributed by atoms with E-state index in [1.54, 1.807) is 0 Å². The van der Waals surface area contributed by atoms with Crippen molar-refractivity contribution in [2.45, 2.75) is 47.0 Å². The normalized spacial score (nSPS) is 13.4. The predicted molar refractivity (Wildman–Crippen MR) is 68.7 cm³/mol. The molecule has 0 saturated heterocycles. The van der Waals surface area contributed by atoms with Crippen LogP contribution in [0.4, 0.5) is 0 Å². The Morgan fingerprint density at radius 2 is 2.00 bits per heavy atom. The lowest BCUT2D eigenvalue weighted by Gasteiger charge is -2.22. The van der Waals surface area contributed by atoms with Gasteiger partial charge < -0.3 is 16.3 Å². The second-order valence-electron chi connectivity index (χ2n) is 5.42. The molecule has 0 aliphatic heterocycles. The number of nitrogens with two attached hydrogens (primary N) is 1. The molecule has 96 valence electrons. The van der Waals surface area contributed by atoms with Gasteiger partial charge in [0, 0.05) is 5.41 Å². The van der Waals surface area contributed by atoms with Crippen molar-refractivity contribution in [3.8, 4) is 0 Å². The SMILES string of the molecule is CC(C)CNCCCCC(C)(C)C(N)=NO. The molecule has 0 saturated carbocycles. The van der Waals surface area contributed by atoms with Crippen LogP contribution < -0.4 is 11.1 Å². The Balaban J connectivity index is 3.59. The summed E-state index contributed by atoms with van der Waals surface area (Å²) in [6.07, 6.45) is 3.18. The molecule has 0 aliphatic carbocycles. The van der Waals surface area contributed by atoms with Gasteiger partial charge >= 0.3 is 0 Å². The smallest absolute Gasteiger partial charge is 0.144 e. The minimum atomic E-state index is -0.202. The van der Waals surface area contributed by atoms with Crippen LogP contribution in [0.25, 0.3) is 0 Å². The van der Waals surface area contributed by atoms with Crippen LogP contribution in [-0.4, -0.2) is 24.1 Å². The second kappa shape index (κ2) is 7.49. The van der Waals surface area contributed by atoms with Gasteiger partial charge in [-0.25, -0.2) is 0 Å². The molecule has 0 unspecified atom stereocenters. The van der Waals surface area contributed by atoms with Gasteiger partial charge in [0.05, 0.1) is 0 Å². The van der Waals surface area contributed by atoms with Crippen LogP contribution in [0.5, 0.6) is 0 Å². The first kappa shape index (κ1) is 15.2. The minimum absolute atomic E-state index is 0.202. The fraction of sp³-hybridized carbons (Fsp3) is 0.917. The van der Waals surface area contributed by atoms with Crippen molar-refractivity contribution in [2.75, 3.05) is 13.1 Å². The molecule has 0 atom stereocenters. The molecule has 4 heteroatoms. The Bertz CT molecular complexity index is 212. The molecule has 4 nitrogen and oxygen atoms in total. The molecule has 0 aliphatic rings. The van der Waals surface area contributed by atoms with E-state index in [9.17, 15) is 0 Å². The van der Waals surface area contributed by atoms with E-state index in [1.807, 2.05) is 13.8 Å². The molecule has 0 radical (unpaired) electrons. The summed E-state index contributed by atoms with van der Waals surface area (Å²) in [4.78, 5) is 0. The number of nitrogens with zero attached hydrogens (tertiary/aromatic N) is 1. The summed E-state index contributed by atoms with van der Waals surface area (Å²) in [5.74, 6) is 1.02. The highest BCUT2D eigenvalue weighted by molar-refractivity contribution is 5.85. The Kier molecular flexibility index (Phi) is 7.13. The highest BCUT2D eigenvalue weighted by atomic mass is 16.4. The van der Waals surface area contributed by atoms with Crippen molar-refractivity contribution in [2.24, 2.45) is 22.2 Å². The molecule has 16 heavy (non-hydrogen) atoms. The second-order valence-corrected chi connectivity index (χ2v) is 5.42. The third-order valence-corrected chi connectivity index (χ3v) is 2.76. The first-order valence-corrected chi connectivity index (χ1v) is 6.09. The molecular formula is C12H27N3O. The number of hydrogen-bond donors (Lipinski definition) is 3. The quantitative estimate of drug-likeness (QED) is 0.196. The maximum Gasteiger partial charge on any atom is 0.144 e. The number of nitrogens with one attached hydrogen (secondary N) is 1. The minimum Gasteiger partial charge on any atom is -0.409 e. The van der Waals surface area contributed by atoms with Crippen molar-refractivity contribution >= 4 is 5.84 Å². The van der Waals surface area contributed by atoms with Gasteiger partial charge in [-0.05, 0) is 31.8 Å². The average Bonchev–Trinajstić information content (AvgIpc) is 2.21. The Labute approximate surface area is 99.3 Å². The maximum atomic E-state index is 8.62. The van der Waals surface area contributed by atoms with Crippen molar-refractivity contribution < 1.29 is 5.21 Å². The van der Waals surface area contributed by atoms with E-state index >= 15 is 0 Å². The van der Waals surface area contributed by atoms with Crippen LogP contribution in [-0.2, 0) is 0 Å². The van der Waals surface area contributed by atoms with Crippen molar-refractivity contribution in [1.82, 2.24) is 5.32 Å². The zero-order valence-corrected chi connectivity index (χ0v) is 11.1. The summed E-state index contributed by atoms with van der Waals surface area (Å²) in [5.41, 5.74) is 5.41. The molecule has 0 aromatic heterocycles. The third-order valence-electron chi connectivity index (χ3n) is 2.76. The standard InChI is InChI=1S/C12H27N3O/c1-10(2)9-14-8-6-5-7-12(3,4)11(13)15-16/h10,14,16H,5-9H2,1-4H3,(H2,13,15). The molecule has 0 rings (SSSR count). The number of hydrogen-bond acceptors (Lipinski definition) is 3. The Morgan fingerprint density at radius 1 is 1.38 bits per heavy atom. The van der Waals surface area contributed by atoms with Gasteiger partial charge in [0.1, 0.15) is 5.84 Å². The Morgan fingerprint density at radius 3 is 2.50 bits per heavy atom. The Hall–Kier alpha value is -0.770.